The van der Waals surface area contributed by atoms with Gasteiger partial charge in [0.2, 0.25) is 0 Å². The summed E-state index contributed by atoms with van der Waals surface area (Å²) in [7, 11) is 1.64. The summed E-state index contributed by atoms with van der Waals surface area (Å²) >= 11 is 0. The lowest BCUT2D eigenvalue weighted by atomic mass is 9.99. The van der Waals surface area contributed by atoms with Crippen LogP contribution in [0.1, 0.15) is 32.6 Å². The van der Waals surface area contributed by atoms with Crippen LogP contribution in [0.25, 0.3) is 0 Å². The Morgan fingerprint density at radius 2 is 2.50 bits per heavy atom. The standard InChI is InChI=1S/C10H16O2/c1-8(7-12-2)6-9-4-3-5-10(9)11/h7,9H,3-6H2,1-2H3/b8-7-. The predicted molar refractivity (Wildman–Crippen MR) is 47.7 cm³/mol. The van der Waals surface area contributed by atoms with Crippen molar-refractivity contribution < 1.29 is 9.53 Å². The van der Waals surface area contributed by atoms with Crippen molar-refractivity contribution in [2.45, 2.75) is 32.6 Å². The van der Waals surface area contributed by atoms with Gasteiger partial charge in [0.05, 0.1) is 13.4 Å². The maximum atomic E-state index is 11.2. The highest BCUT2D eigenvalue weighted by Crippen LogP contribution is 2.26. The minimum absolute atomic E-state index is 0.274. The lowest BCUT2D eigenvalue weighted by Crippen LogP contribution is -2.06. The normalized spacial score (nSPS) is 24.7. The van der Waals surface area contributed by atoms with Gasteiger partial charge in [-0.15, -0.1) is 0 Å². The summed E-state index contributed by atoms with van der Waals surface area (Å²) in [5, 5.41) is 0. The van der Waals surface area contributed by atoms with E-state index < -0.39 is 0 Å². The van der Waals surface area contributed by atoms with Gasteiger partial charge in [-0.2, -0.15) is 0 Å². The number of carbonyl (C=O) groups is 1. The molecule has 0 amide bonds. The Hall–Kier alpha value is -0.790. The van der Waals surface area contributed by atoms with Crippen LogP contribution in [0.15, 0.2) is 11.8 Å². The lowest BCUT2D eigenvalue weighted by Gasteiger charge is -2.06. The number of ketones is 1. The van der Waals surface area contributed by atoms with Gasteiger partial charge in [0, 0.05) is 12.3 Å². The van der Waals surface area contributed by atoms with Gasteiger partial charge in [-0.25, -0.2) is 0 Å². The van der Waals surface area contributed by atoms with E-state index in [1.54, 1.807) is 13.4 Å². The Labute approximate surface area is 73.6 Å². The summed E-state index contributed by atoms with van der Waals surface area (Å²) in [4.78, 5) is 11.2. The van der Waals surface area contributed by atoms with Gasteiger partial charge in [-0.3, -0.25) is 4.79 Å². The molecule has 1 rings (SSSR count). The molecule has 2 nitrogen and oxygen atoms in total. The maximum absolute atomic E-state index is 11.2. The van der Waals surface area contributed by atoms with E-state index in [-0.39, 0.29) is 5.92 Å². The molecule has 1 unspecified atom stereocenters. The quantitative estimate of drug-likeness (QED) is 0.604. The monoisotopic (exact) mass is 168 g/mol. The molecule has 0 heterocycles. The zero-order valence-electron chi connectivity index (χ0n) is 7.80. The van der Waals surface area contributed by atoms with E-state index in [2.05, 4.69) is 0 Å². The largest absolute Gasteiger partial charge is 0.504 e. The molecule has 0 saturated heterocycles. The molecule has 68 valence electrons. The highest BCUT2D eigenvalue weighted by molar-refractivity contribution is 5.83. The SMILES string of the molecule is CO/C=C(/C)CC1CCCC1=O. The van der Waals surface area contributed by atoms with E-state index in [1.165, 1.54) is 0 Å². The topological polar surface area (TPSA) is 26.3 Å². The molecular formula is C10H16O2. The van der Waals surface area contributed by atoms with Crippen LogP contribution in [0.4, 0.5) is 0 Å². The number of carbonyl (C=O) groups excluding carboxylic acids is 1. The van der Waals surface area contributed by atoms with Crippen molar-refractivity contribution in [3.8, 4) is 0 Å². The van der Waals surface area contributed by atoms with Crippen molar-refractivity contribution in [1.29, 1.82) is 0 Å². The number of hydrogen-bond acceptors (Lipinski definition) is 2. The molecule has 1 atom stereocenters. The molecule has 1 aliphatic carbocycles. The molecule has 0 aromatic rings. The second kappa shape index (κ2) is 4.29. The Kier molecular flexibility index (Phi) is 3.32. The molecule has 1 saturated carbocycles. The van der Waals surface area contributed by atoms with Gasteiger partial charge in [-0.1, -0.05) is 0 Å². The van der Waals surface area contributed by atoms with E-state index in [1.807, 2.05) is 6.92 Å². The zero-order valence-corrected chi connectivity index (χ0v) is 7.80. The minimum Gasteiger partial charge on any atom is -0.504 e. The summed E-state index contributed by atoms with van der Waals surface area (Å²) < 4.78 is 4.88. The second-order valence-corrected chi connectivity index (χ2v) is 3.46. The molecule has 0 aliphatic heterocycles. The van der Waals surface area contributed by atoms with E-state index in [4.69, 9.17) is 4.74 Å². The number of methoxy groups -OCH3 is 1. The number of ether oxygens (including phenoxy) is 1. The van der Waals surface area contributed by atoms with Crippen molar-refractivity contribution in [3.05, 3.63) is 11.8 Å². The number of hydrogen-bond donors (Lipinski definition) is 0. The Bertz CT molecular complexity index is 194. The van der Waals surface area contributed by atoms with Crippen LogP contribution in [-0.2, 0) is 9.53 Å². The third kappa shape index (κ3) is 2.36. The fourth-order valence-corrected chi connectivity index (χ4v) is 1.74. The average molecular weight is 168 g/mol. The van der Waals surface area contributed by atoms with Crippen LogP contribution in [0.3, 0.4) is 0 Å². The van der Waals surface area contributed by atoms with Crippen molar-refractivity contribution >= 4 is 5.78 Å². The molecule has 0 spiro atoms. The van der Waals surface area contributed by atoms with Gasteiger partial charge < -0.3 is 4.74 Å². The third-order valence-electron chi connectivity index (χ3n) is 2.32. The molecule has 1 aliphatic rings. The van der Waals surface area contributed by atoms with Crippen LogP contribution in [0.5, 0.6) is 0 Å². The van der Waals surface area contributed by atoms with Crippen LogP contribution in [-0.4, -0.2) is 12.9 Å². The van der Waals surface area contributed by atoms with Crippen LogP contribution < -0.4 is 0 Å². The first-order chi connectivity index (χ1) is 5.74. The lowest BCUT2D eigenvalue weighted by molar-refractivity contribution is -0.120. The number of allylic oxidation sites excluding steroid dienone is 1. The third-order valence-corrected chi connectivity index (χ3v) is 2.32. The summed E-state index contributed by atoms with van der Waals surface area (Å²) in [6.07, 6.45) is 5.53. The summed E-state index contributed by atoms with van der Waals surface area (Å²) in [6.45, 7) is 2.01. The number of Topliss-reactive ketones (excluding diaryl/α,β-unsaturated/α-hetero) is 1. The molecule has 0 N–H and O–H groups in total. The minimum atomic E-state index is 0.274. The number of rotatable bonds is 3. The Morgan fingerprint density at radius 1 is 1.75 bits per heavy atom. The van der Waals surface area contributed by atoms with Crippen molar-refractivity contribution in [3.63, 3.8) is 0 Å². The van der Waals surface area contributed by atoms with E-state index in [0.717, 1.165) is 31.3 Å². The molecule has 0 radical (unpaired) electrons. The Morgan fingerprint density at radius 3 is 3.00 bits per heavy atom. The van der Waals surface area contributed by atoms with E-state index >= 15 is 0 Å². The van der Waals surface area contributed by atoms with Crippen LogP contribution in [0, 0.1) is 5.92 Å². The molecule has 1 fully saturated rings. The van der Waals surface area contributed by atoms with Crippen molar-refractivity contribution in [2.75, 3.05) is 7.11 Å². The van der Waals surface area contributed by atoms with Crippen molar-refractivity contribution in [2.24, 2.45) is 5.92 Å². The second-order valence-electron chi connectivity index (χ2n) is 3.46. The van der Waals surface area contributed by atoms with Gasteiger partial charge in [0.15, 0.2) is 0 Å². The molecule has 0 aromatic carbocycles. The van der Waals surface area contributed by atoms with Crippen LogP contribution in [0.2, 0.25) is 0 Å². The summed E-state index contributed by atoms with van der Waals surface area (Å²) in [5.41, 5.74) is 1.16. The van der Waals surface area contributed by atoms with Gasteiger partial charge in [-0.05, 0) is 31.8 Å². The first kappa shape index (κ1) is 9.30. The maximum Gasteiger partial charge on any atom is 0.136 e. The molecule has 0 aromatic heterocycles. The van der Waals surface area contributed by atoms with Gasteiger partial charge >= 0.3 is 0 Å². The molecule has 12 heavy (non-hydrogen) atoms. The first-order valence-electron chi connectivity index (χ1n) is 4.45. The molecule has 2 heteroatoms. The van der Waals surface area contributed by atoms with E-state index in [9.17, 15) is 4.79 Å². The van der Waals surface area contributed by atoms with Crippen molar-refractivity contribution in [1.82, 2.24) is 0 Å². The molecule has 0 bridgehead atoms. The smallest absolute Gasteiger partial charge is 0.136 e. The fraction of sp³-hybridized carbons (Fsp3) is 0.700. The first-order valence-corrected chi connectivity index (χ1v) is 4.45. The molecular weight excluding hydrogens is 152 g/mol. The fourth-order valence-electron chi connectivity index (χ4n) is 1.74. The highest BCUT2D eigenvalue weighted by Gasteiger charge is 2.24. The highest BCUT2D eigenvalue weighted by atomic mass is 16.5. The zero-order chi connectivity index (χ0) is 8.97. The summed E-state index contributed by atoms with van der Waals surface area (Å²) in [5.74, 6) is 0.704. The van der Waals surface area contributed by atoms with Gasteiger partial charge in [0.1, 0.15) is 5.78 Å². The summed E-state index contributed by atoms with van der Waals surface area (Å²) in [6, 6.07) is 0. The van der Waals surface area contributed by atoms with Crippen LogP contribution >= 0.6 is 0 Å². The Balaban J connectivity index is 2.40. The van der Waals surface area contributed by atoms with Gasteiger partial charge in [0.25, 0.3) is 0 Å². The van der Waals surface area contributed by atoms with E-state index in [0.29, 0.717) is 5.78 Å². The predicted octanol–water partition coefficient (Wildman–Crippen LogP) is 2.30. The average Bonchev–Trinajstić information content (AvgIpc) is 2.37.